The number of hydrogen-bond acceptors (Lipinski definition) is 2. The van der Waals surface area contributed by atoms with E-state index in [9.17, 15) is 0 Å². The first-order valence-electron chi connectivity index (χ1n) is 7.58. The second kappa shape index (κ2) is 6.06. The molecule has 1 aliphatic rings. The third kappa shape index (κ3) is 3.37. The molecule has 1 aromatic rings. The number of nitrogens with two attached hydrogens (primary N) is 1. The minimum absolute atomic E-state index is 0.380. The zero-order chi connectivity index (χ0) is 14.0. The molecule has 1 aliphatic carbocycles. The molecule has 1 saturated carbocycles. The number of aryl methyl sites for hydroxylation is 3. The standard InChI is InChI=1S/C17H28N2/c1-5-19(11-15-6-7-15)17(10-18)16-9-13(3)12(2)8-14(16)4/h8-9,15,17H,5-7,10-11,18H2,1-4H3. The van der Waals surface area contributed by atoms with E-state index >= 15 is 0 Å². The summed E-state index contributed by atoms with van der Waals surface area (Å²) in [4.78, 5) is 2.56. The molecule has 1 fully saturated rings. The molecule has 0 bridgehead atoms. The minimum Gasteiger partial charge on any atom is -0.329 e. The van der Waals surface area contributed by atoms with Crippen LogP contribution in [0.4, 0.5) is 0 Å². The van der Waals surface area contributed by atoms with Crippen molar-refractivity contribution in [2.24, 2.45) is 11.7 Å². The van der Waals surface area contributed by atoms with Crippen LogP contribution in [0.15, 0.2) is 12.1 Å². The molecule has 2 rings (SSSR count). The van der Waals surface area contributed by atoms with Gasteiger partial charge in [0.15, 0.2) is 0 Å². The van der Waals surface area contributed by atoms with Crippen LogP contribution in [0, 0.1) is 26.7 Å². The van der Waals surface area contributed by atoms with Gasteiger partial charge in [-0.2, -0.15) is 0 Å². The Balaban J connectivity index is 2.26. The first kappa shape index (κ1) is 14.5. The van der Waals surface area contributed by atoms with Crippen LogP contribution in [-0.4, -0.2) is 24.5 Å². The van der Waals surface area contributed by atoms with Crippen LogP contribution < -0.4 is 5.73 Å². The fourth-order valence-electron chi connectivity index (χ4n) is 2.92. The summed E-state index contributed by atoms with van der Waals surface area (Å²) in [5.41, 5.74) is 11.7. The van der Waals surface area contributed by atoms with Crippen molar-refractivity contribution in [1.82, 2.24) is 4.90 Å². The van der Waals surface area contributed by atoms with E-state index in [4.69, 9.17) is 5.73 Å². The molecule has 106 valence electrons. The molecular formula is C17H28N2. The van der Waals surface area contributed by atoms with E-state index in [1.54, 1.807) is 0 Å². The monoisotopic (exact) mass is 260 g/mol. The topological polar surface area (TPSA) is 29.3 Å². The number of likely N-dealkylation sites (N-methyl/N-ethyl adjacent to an activating group) is 1. The Morgan fingerprint density at radius 3 is 2.32 bits per heavy atom. The lowest BCUT2D eigenvalue weighted by Gasteiger charge is -2.31. The zero-order valence-corrected chi connectivity index (χ0v) is 12.9. The number of nitrogens with zero attached hydrogens (tertiary/aromatic N) is 1. The predicted molar refractivity (Wildman–Crippen MR) is 82.4 cm³/mol. The zero-order valence-electron chi connectivity index (χ0n) is 12.9. The van der Waals surface area contributed by atoms with Crippen LogP contribution in [-0.2, 0) is 0 Å². The summed E-state index contributed by atoms with van der Waals surface area (Å²) >= 11 is 0. The SMILES string of the molecule is CCN(CC1CC1)C(CN)c1cc(C)c(C)cc1C. The van der Waals surface area contributed by atoms with Gasteiger partial charge in [-0.05, 0) is 68.3 Å². The third-order valence-corrected chi connectivity index (χ3v) is 4.50. The maximum atomic E-state index is 6.09. The van der Waals surface area contributed by atoms with Crippen molar-refractivity contribution < 1.29 is 0 Å². The van der Waals surface area contributed by atoms with Crippen molar-refractivity contribution >= 4 is 0 Å². The van der Waals surface area contributed by atoms with Gasteiger partial charge in [0.1, 0.15) is 0 Å². The van der Waals surface area contributed by atoms with Crippen molar-refractivity contribution in [3.05, 3.63) is 34.4 Å². The summed E-state index contributed by atoms with van der Waals surface area (Å²) in [7, 11) is 0. The maximum Gasteiger partial charge on any atom is 0.0473 e. The Hall–Kier alpha value is -0.860. The van der Waals surface area contributed by atoms with E-state index in [2.05, 4.69) is 44.7 Å². The molecule has 1 aromatic carbocycles. The number of rotatable bonds is 6. The molecule has 0 saturated heterocycles. The number of hydrogen-bond donors (Lipinski definition) is 1. The molecule has 0 heterocycles. The summed E-state index contributed by atoms with van der Waals surface area (Å²) < 4.78 is 0. The van der Waals surface area contributed by atoms with E-state index in [0.717, 1.165) is 12.5 Å². The second-order valence-corrected chi connectivity index (χ2v) is 6.08. The molecule has 2 heteroatoms. The summed E-state index contributed by atoms with van der Waals surface area (Å²) in [5, 5.41) is 0. The quantitative estimate of drug-likeness (QED) is 0.850. The number of benzene rings is 1. The molecule has 0 aromatic heterocycles. The summed E-state index contributed by atoms with van der Waals surface area (Å²) in [6, 6.07) is 5.03. The summed E-state index contributed by atoms with van der Waals surface area (Å²) in [5.74, 6) is 0.917. The van der Waals surface area contributed by atoms with E-state index in [1.807, 2.05) is 0 Å². The van der Waals surface area contributed by atoms with E-state index in [0.29, 0.717) is 12.6 Å². The van der Waals surface area contributed by atoms with Gasteiger partial charge < -0.3 is 5.73 Å². The predicted octanol–water partition coefficient (Wildman–Crippen LogP) is 3.34. The van der Waals surface area contributed by atoms with Gasteiger partial charge in [-0.15, -0.1) is 0 Å². The van der Waals surface area contributed by atoms with Crippen LogP contribution in [0.5, 0.6) is 0 Å². The van der Waals surface area contributed by atoms with Crippen LogP contribution >= 0.6 is 0 Å². The molecular weight excluding hydrogens is 232 g/mol. The fourth-order valence-corrected chi connectivity index (χ4v) is 2.92. The van der Waals surface area contributed by atoms with Gasteiger partial charge in [0.05, 0.1) is 0 Å². The van der Waals surface area contributed by atoms with Gasteiger partial charge in [-0.25, -0.2) is 0 Å². The average Bonchev–Trinajstić information content (AvgIpc) is 3.18. The lowest BCUT2D eigenvalue weighted by molar-refractivity contribution is 0.203. The van der Waals surface area contributed by atoms with Crippen LogP contribution in [0.2, 0.25) is 0 Å². The molecule has 0 radical (unpaired) electrons. The molecule has 2 N–H and O–H groups in total. The van der Waals surface area contributed by atoms with Crippen LogP contribution in [0.3, 0.4) is 0 Å². The lowest BCUT2D eigenvalue weighted by Crippen LogP contribution is -2.35. The molecule has 0 spiro atoms. The summed E-state index contributed by atoms with van der Waals surface area (Å²) in [6.07, 6.45) is 2.80. The van der Waals surface area contributed by atoms with Crippen molar-refractivity contribution in [1.29, 1.82) is 0 Å². The first-order valence-corrected chi connectivity index (χ1v) is 7.58. The highest BCUT2D eigenvalue weighted by Crippen LogP contribution is 2.33. The Morgan fingerprint density at radius 1 is 1.16 bits per heavy atom. The Kier molecular flexibility index (Phi) is 4.64. The third-order valence-electron chi connectivity index (χ3n) is 4.50. The lowest BCUT2D eigenvalue weighted by atomic mass is 9.94. The molecule has 1 atom stereocenters. The Labute approximate surface area is 118 Å². The Bertz CT molecular complexity index is 435. The smallest absolute Gasteiger partial charge is 0.0473 e. The van der Waals surface area contributed by atoms with Gasteiger partial charge in [0.2, 0.25) is 0 Å². The molecule has 0 amide bonds. The van der Waals surface area contributed by atoms with Gasteiger partial charge >= 0.3 is 0 Å². The van der Waals surface area contributed by atoms with E-state index < -0.39 is 0 Å². The van der Waals surface area contributed by atoms with Crippen LogP contribution in [0.25, 0.3) is 0 Å². The van der Waals surface area contributed by atoms with E-state index in [1.165, 1.54) is 41.6 Å². The van der Waals surface area contributed by atoms with Crippen molar-refractivity contribution in [3.8, 4) is 0 Å². The van der Waals surface area contributed by atoms with Crippen LogP contribution in [0.1, 0.15) is 48.1 Å². The van der Waals surface area contributed by atoms with Crippen molar-refractivity contribution in [2.75, 3.05) is 19.6 Å². The van der Waals surface area contributed by atoms with Gasteiger partial charge in [-0.3, -0.25) is 4.90 Å². The summed E-state index contributed by atoms with van der Waals surface area (Å²) in [6.45, 7) is 11.9. The van der Waals surface area contributed by atoms with Gasteiger partial charge in [0, 0.05) is 19.1 Å². The maximum absolute atomic E-state index is 6.09. The highest BCUT2D eigenvalue weighted by Gasteiger charge is 2.28. The van der Waals surface area contributed by atoms with Crippen molar-refractivity contribution in [3.63, 3.8) is 0 Å². The molecule has 2 nitrogen and oxygen atoms in total. The van der Waals surface area contributed by atoms with E-state index in [-0.39, 0.29) is 0 Å². The highest BCUT2D eigenvalue weighted by atomic mass is 15.2. The van der Waals surface area contributed by atoms with Crippen molar-refractivity contribution in [2.45, 2.75) is 46.6 Å². The normalized spacial score (nSPS) is 16.9. The Morgan fingerprint density at radius 2 is 1.79 bits per heavy atom. The highest BCUT2D eigenvalue weighted by molar-refractivity contribution is 5.38. The second-order valence-electron chi connectivity index (χ2n) is 6.08. The fraction of sp³-hybridized carbons (Fsp3) is 0.647. The molecule has 1 unspecified atom stereocenters. The first-order chi connectivity index (χ1) is 9.06. The largest absolute Gasteiger partial charge is 0.329 e. The van der Waals surface area contributed by atoms with Gasteiger partial charge in [-0.1, -0.05) is 19.1 Å². The molecule has 19 heavy (non-hydrogen) atoms. The minimum atomic E-state index is 0.380. The average molecular weight is 260 g/mol. The van der Waals surface area contributed by atoms with Gasteiger partial charge in [0.25, 0.3) is 0 Å². The molecule has 0 aliphatic heterocycles.